The van der Waals surface area contributed by atoms with Gasteiger partial charge in [-0.05, 0) is 18.6 Å². The number of primary amides is 1. The molecule has 0 spiro atoms. The smallest absolute Gasteiger partial charge is 0.408 e. The van der Waals surface area contributed by atoms with Crippen molar-refractivity contribution >= 4 is 27.9 Å². The van der Waals surface area contributed by atoms with Crippen LogP contribution in [-0.2, 0) is 33.2 Å². The summed E-state index contributed by atoms with van der Waals surface area (Å²) in [5.74, 6) is -1.06. The largest absolute Gasteiger partial charge is 0.445 e. The molecule has 3 rings (SSSR count). The number of hydrogen-bond donors (Lipinski definition) is 2. The van der Waals surface area contributed by atoms with Crippen molar-refractivity contribution in [2.75, 3.05) is 26.2 Å². The van der Waals surface area contributed by atoms with Crippen LogP contribution < -0.4 is 11.1 Å². The van der Waals surface area contributed by atoms with Gasteiger partial charge in [-0.1, -0.05) is 30.3 Å². The number of carbonyl (C=O) groups excluding carboxylic acids is 3. The summed E-state index contributed by atoms with van der Waals surface area (Å²) >= 11 is 0. The number of sulfonamides is 1. The second-order valence-corrected chi connectivity index (χ2v) is 9.63. The van der Waals surface area contributed by atoms with Crippen molar-refractivity contribution in [1.29, 1.82) is 0 Å². The van der Waals surface area contributed by atoms with Gasteiger partial charge in [0.1, 0.15) is 23.2 Å². The molecule has 0 aliphatic carbocycles. The lowest BCUT2D eigenvalue weighted by Crippen LogP contribution is -2.55. The molecular weight excluding hydrogens is 450 g/mol. The number of nitrogens with zero attached hydrogens (tertiary/aromatic N) is 3. The van der Waals surface area contributed by atoms with Crippen molar-refractivity contribution in [3.8, 4) is 0 Å². The van der Waals surface area contributed by atoms with E-state index in [0.717, 1.165) is 5.56 Å². The Kier molecular flexibility index (Phi) is 7.39. The standard InChI is InChI=1S/C21H27N5O6S/c1-15(23-21(29)32-14-16-6-4-3-5-7-16)20(28)25-8-10-26(11-9-25)33(30,31)17-12-18(19(22)27)24(2)13-17/h3-7,12-13,15H,8-11,14H2,1-2H3,(H2,22,27)(H,23,29)/t15-/m0/s1. The van der Waals surface area contributed by atoms with Crippen molar-refractivity contribution in [2.24, 2.45) is 12.8 Å². The highest BCUT2D eigenvalue weighted by atomic mass is 32.2. The highest BCUT2D eigenvalue weighted by Gasteiger charge is 2.33. The number of alkyl carbamates (subject to hydrolysis) is 1. The number of aromatic nitrogens is 1. The molecule has 3 N–H and O–H groups in total. The SMILES string of the molecule is C[C@H](NC(=O)OCc1ccccc1)C(=O)N1CCN(S(=O)(=O)c2cc(C(N)=O)n(C)c2)CC1. The molecule has 0 saturated carbocycles. The van der Waals surface area contributed by atoms with E-state index < -0.39 is 28.1 Å². The quantitative estimate of drug-likeness (QED) is 0.586. The maximum absolute atomic E-state index is 12.9. The van der Waals surface area contributed by atoms with Gasteiger partial charge in [-0.15, -0.1) is 0 Å². The highest BCUT2D eigenvalue weighted by molar-refractivity contribution is 7.89. The van der Waals surface area contributed by atoms with Crippen molar-refractivity contribution < 1.29 is 27.5 Å². The zero-order chi connectivity index (χ0) is 24.2. The second-order valence-electron chi connectivity index (χ2n) is 7.69. The van der Waals surface area contributed by atoms with Gasteiger partial charge in [-0.25, -0.2) is 13.2 Å². The second kappa shape index (κ2) is 10.0. The van der Waals surface area contributed by atoms with Crippen LogP contribution in [0.3, 0.4) is 0 Å². The number of amides is 3. The minimum Gasteiger partial charge on any atom is -0.445 e. The Morgan fingerprint density at radius 2 is 1.76 bits per heavy atom. The maximum Gasteiger partial charge on any atom is 0.408 e. The van der Waals surface area contributed by atoms with Gasteiger partial charge in [0.15, 0.2) is 0 Å². The van der Waals surface area contributed by atoms with E-state index in [1.165, 1.54) is 33.1 Å². The molecule has 11 nitrogen and oxygen atoms in total. The molecule has 33 heavy (non-hydrogen) atoms. The number of carbonyl (C=O) groups is 3. The molecule has 0 bridgehead atoms. The van der Waals surface area contributed by atoms with Gasteiger partial charge in [-0.2, -0.15) is 4.31 Å². The van der Waals surface area contributed by atoms with Crippen LogP contribution in [0.15, 0.2) is 47.5 Å². The maximum atomic E-state index is 12.9. The van der Waals surface area contributed by atoms with E-state index in [1.807, 2.05) is 30.3 Å². The zero-order valence-electron chi connectivity index (χ0n) is 18.4. The van der Waals surface area contributed by atoms with E-state index in [-0.39, 0.29) is 49.3 Å². The van der Waals surface area contributed by atoms with E-state index in [1.54, 1.807) is 6.92 Å². The highest BCUT2D eigenvalue weighted by Crippen LogP contribution is 2.20. The molecule has 2 heterocycles. The number of benzene rings is 1. The molecule has 12 heteroatoms. The van der Waals surface area contributed by atoms with E-state index in [0.29, 0.717) is 0 Å². The summed E-state index contributed by atoms with van der Waals surface area (Å²) in [6.07, 6.45) is 0.621. The molecule has 1 saturated heterocycles. The minimum atomic E-state index is -3.84. The summed E-state index contributed by atoms with van der Waals surface area (Å²) in [6.45, 7) is 2.13. The fourth-order valence-electron chi connectivity index (χ4n) is 3.50. The number of hydrogen-bond acceptors (Lipinski definition) is 6. The molecule has 1 aliphatic heterocycles. The molecule has 1 aromatic heterocycles. The minimum absolute atomic E-state index is 0.0326. The Balaban J connectivity index is 1.52. The van der Waals surface area contributed by atoms with Crippen LogP contribution in [-0.4, -0.2) is 72.3 Å². The number of piperazine rings is 1. The third-order valence-corrected chi connectivity index (χ3v) is 7.20. The topological polar surface area (TPSA) is 144 Å². The Labute approximate surface area is 192 Å². The average molecular weight is 478 g/mol. The van der Waals surface area contributed by atoms with Crippen molar-refractivity contribution in [1.82, 2.24) is 19.1 Å². The Bertz CT molecular complexity index is 1120. The molecule has 1 fully saturated rings. The van der Waals surface area contributed by atoms with Crippen LogP contribution >= 0.6 is 0 Å². The summed E-state index contributed by atoms with van der Waals surface area (Å²) in [5, 5.41) is 2.50. The van der Waals surface area contributed by atoms with Crippen LogP contribution in [0, 0.1) is 0 Å². The fraction of sp³-hybridized carbons (Fsp3) is 0.381. The van der Waals surface area contributed by atoms with E-state index in [4.69, 9.17) is 10.5 Å². The van der Waals surface area contributed by atoms with Gasteiger partial charge in [0.05, 0.1) is 0 Å². The summed E-state index contributed by atoms with van der Waals surface area (Å²) in [5.41, 5.74) is 6.17. The zero-order valence-corrected chi connectivity index (χ0v) is 19.2. The molecule has 0 radical (unpaired) electrons. The third kappa shape index (κ3) is 5.71. The first-order valence-corrected chi connectivity index (χ1v) is 11.8. The number of rotatable bonds is 7. The van der Waals surface area contributed by atoms with Crippen molar-refractivity contribution in [3.05, 3.63) is 53.9 Å². The molecule has 0 unspecified atom stereocenters. The first-order valence-electron chi connectivity index (χ1n) is 10.3. The first kappa shape index (κ1) is 24.3. The van der Waals surface area contributed by atoms with Gasteiger partial charge >= 0.3 is 6.09 Å². The lowest BCUT2D eigenvalue weighted by atomic mass is 10.2. The average Bonchev–Trinajstić information content (AvgIpc) is 3.21. The molecule has 178 valence electrons. The van der Waals surface area contributed by atoms with Gasteiger partial charge in [0, 0.05) is 39.4 Å². The number of nitrogens with two attached hydrogens (primary N) is 1. The monoisotopic (exact) mass is 477 g/mol. The number of aryl methyl sites for hydroxylation is 1. The van der Waals surface area contributed by atoms with Crippen molar-refractivity contribution in [3.63, 3.8) is 0 Å². The first-order chi connectivity index (χ1) is 15.6. The van der Waals surface area contributed by atoms with E-state index in [9.17, 15) is 22.8 Å². The molecule has 2 aromatic rings. The van der Waals surface area contributed by atoms with Gasteiger partial charge in [-0.3, -0.25) is 9.59 Å². The summed E-state index contributed by atoms with van der Waals surface area (Å²) in [4.78, 5) is 37.6. The fourth-order valence-corrected chi connectivity index (χ4v) is 4.99. The molecule has 1 atom stereocenters. The van der Waals surface area contributed by atoms with Crippen LogP contribution in [0.5, 0.6) is 0 Å². The summed E-state index contributed by atoms with van der Waals surface area (Å²) in [6, 6.07) is 9.56. The molecule has 1 aromatic carbocycles. The Morgan fingerprint density at radius 1 is 1.12 bits per heavy atom. The number of ether oxygens (including phenoxy) is 1. The number of nitrogens with one attached hydrogen (secondary N) is 1. The third-order valence-electron chi connectivity index (χ3n) is 5.34. The van der Waals surface area contributed by atoms with Crippen LogP contribution in [0.25, 0.3) is 0 Å². The van der Waals surface area contributed by atoms with Crippen LogP contribution in [0.1, 0.15) is 23.0 Å². The van der Waals surface area contributed by atoms with E-state index >= 15 is 0 Å². The lowest BCUT2D eigenvalue weighted by molar-refractivity contribution is -0.134. The summed E-state index contributed by atoms with van der Waals surface area (Å²) < 4.78 is 33.6. The molecule has 1 aliphatic rings. The summed E-state index contributed by atoms with van der Waals surface area (Å²) in [7, 11) is -2.31. The van der Waals surface area contributed by atoms with Crippen LogP contribution in [0.4, 0.5) is 4.79 Å². The molecular formula is C21H27N5O6S. The van der Waals surface area contributed by atoms with Gasteiger partial charge < -0.3 is 25.3 Å². The van der Waals surface area contributed by atoms with E-state index in [2.05, 4.69) is 5.32 Å². The van der Waals surface area contributed by atoms with Crippen LogP contribution in [0.2, 0.25) is 0 Å². The Hall–Kier alpha value is -3.38. The predicted octanol–water partition coefficient (Wildman–Crippen LogP) is 0.272. The van der Waals surface area contributed by atoms with Crippen molar-refractivity contribution in [2.45, 2.75) is 24.5 Å². The molecule has 3 amide bonds. The lowest BCUT2D eigenvalue weighted by Gasteiger charge is -2.35. The predicted molar refractivity (Wildman–Crippen MR) is 118 cm³/mol. The van der Waals surface area contributed by atoms with Gasteiger partial charge in [0.25, 0.3) is 5.91 Å². The Morgan fingerprint density at radius 3 is 2.33 bits per heavy atom. The normalized spacial score (nSPS) is 15.6. The van der Waals surface area contributed by atoms with Gasteiger partial charge in [0.2, 0.25) is 15.9 Å².